The first kappa shape index (κ1) is 14.1. The van der Waals surface area contributed by atoms with Crippen LogP contribution in [0.2, 0.25) is 0 Å². The fourth-order valence-electron chi connectivity index (χ4n) is 4.45. The maximum Gasteiger partial charge on any atom is 0.314 e. The maximum atomic E-state index is 11.6. The molecule has 3 fully saturated rings. The minimum atomic E-state index is -0.663. The van der Waals surface area contributed by atoms with E-state index in [0.717, 1.165) is 51.0 Å². The van der Waals surface area contributed by atoms with Gasteiger partial charge in [0.25, 0.3) is 0 Å². The summed E-state index contributed by atoms with van der Waals surface area (Å²) < 4.78 is 0. The van der Waals surface area contributed by atoms with Gasteiger partial charge in [0.1, 0.15) is 0 Å². The lowest BCUT2D eigenvalue weighted by atomic mass is 9.64. The molecule has 118 valence electrons. The number of nitrogens with zero attached hydrogens (tertiary/aromatic N) is 1. The van der Waals surface area contributed by atoms with Crippen molar-refractivity contribution in [2.45, 2.75) is 37.5 Å². The number of aliphatic carboxylic acids is 1. The first-order valence-corrected chi connectivity index (χ1v) is 8.43. The molecular weight excluding hydrogens is 276 g/mol. The molecule has 1 spiro atoms. The van der Waals surface area contributed by atoms with E-state index in [2.05, 4.69) is 22.3 Å². The fourth-order valence-corrected chi connectivity index (χ4v) is 4.45. The van der Waals surface area contributed by atoms with Crippen molar-refractivity contribution in [1.29, 1.82) is 0 Å². The van der Waals surface area contributed by atoms with Gasteiger partial charge in [0.2, 0.25) is 0 Å². The lowest BCUT2D eigenvalue weighted by molar-refractivity contribution is -0.147. The van der Waals surface area contributed by atoms with Crippen LogP contribution in [-0.2, 0) is 10.2 Å². The number of carboxylic acid groups (broad SMARTS) is 1. The quantitative estimate of drug-likeness (QED) is 0.900. The minimum absolute atomic E-state index is 0.467. The van der Waals surface area contributed by atoms with Crippen LogP contribution in [0.5, 0.6) is 0 Å². The minimum Gasteiger partial charge on any atom is -0.481 e. The molecule has 0 amide bonds. The molecule has 2 saturated heterocycles. The van der Waals surface area contributed by atoms with Crippen molar-refractivity contribution < 1.29 is 9.90 Å². The van der Waals surface area contributed by atoms with Gasteiger partial charge >= 0.3 is 5.97 Å². The molecule has 4 heteroatoms. The van der Waals surface area contributed by atoms with E-state index in [4.69, 9.17) is 0 Å². The van der Waals surface area contributed by atoms with Gasteiger partial charge in [-0.1, -0.05) is 18.6 Å². The van der Waals surface area contributed by atoms with Gasteiger partial charge in [0, 0.05) is 30.7 Å². The number of nitrogens with one attached hydrogen (secondary N) is 1. The highest BCUT2D eigenvalue weighted by molar-refractivity contribution is 5.82. The third kappa shape index (κ3) is 2.04. The van der Waals surface area contributed by atoms with Crippen molar-refractivity contribution in [1.82, 2.24) is 5.32 Å². The SMILES string of the molecule is O=C(O)C1(c2ccc(N3CCC4(CCNC4)C3)cc2)CCC1. The summed E-state index contributed by atoms with van der Waals surface area (Å²) in [6.07, 6.45) is 5.13. The van der Waals surface area contributed by atoms with Gasteiger partial charge in [-0.05, 0) is 49.9 Å². The zero-order chi connectivity index (χ0) is 15.2. The number of hydrogen-bond acceptors (Lipinski definition) is 3. The zero-order valence-corrected chi connectivity index (χ0v) is 13.0. The molecule has 1 aliphatic carbocycles. The second-order valence-corrected chi connectivity index (χ2v) is 7.39. The Morgan fingerprint density at radius 1 is 1.14 bits per heavy atom. The Kier molecular flexibility index (Phi) is 3.19. The van der Waals surface area contributed by atoms with E-state index in [9.17, 15) is 9.90 Å². The van der Waals surface area contributed by atoms with Crippen LogP contribution in [-0.4, -0.2) is 37.3 Å². The summed E-state index contributed by atoms with van der Waals surface area (Å²) in [4.78, 5) is 14.1. The van der Waals surface area contributed by atoms with E-state index < -0.39 is 11.4 Å². The monoisotopic (exact) mass is 300 g/mol. The summed E-state index contributed by atoms with van der Waals surface area (Å²) in [6, 6.07) is 8.33. The number of anilines is 1. The van der Waals surface area contributed by atoms with Crippen molar-refractivity contribution in [3.8, 4) is 0 Å². The molecule has 3 aliphatic rings. The summed E-state index contributed by atoms with van der Waals surface area (Å²) in [5.74, 6) is -0.663. The van der Waals surface area contributed by atoms with Crippen LogP contribution >= 0.6 is 0 Å². The molecule has 1 saturated carbocycles. The molecule has 2 N–H and O–H groups in total. The Morgan fingerprint density at radius 2 is 1.91 bits per heavy atom. The highest BCUT2D eigenvalue weighted by Gasteiger charge is 2.46. The van der Waals surface area contributed by atoms with E-state index in [1.54, 1.807) is 0 Å². The Hall–Kier alpha value is -1.55. The average Bonchev–Trinajstić information content (AvgIpc) is 3.09. The molecule has 0 bridgehead atoms. The number of carbonyl (C=O) groups is 1. The fraction of sp³-hybridized carbons (Fsp3) is 0.611. The van der Waals surface area contributed by atoms with Gasteiger partial charge in [-0.25, -0.2) is 0 Å². The Bertz CT molecular complexity index is 571. The second-order valence-electron chi connectivity index (χ2n) is 7.39. The Labute approximate surface area is 131 Å². The van der Waals surface area contributed by atoms with E-state index in [1.807, 2.05) is 12.1 Å². The lowest BCUT2D eigenvalue weighted by Crippen LogP contribution is -2.42. The summed E-state index contributed by atoms with van der Waals surface area (Å²) in [5, 5.41) is 13.0. The van der Waals surface area contributed by atoms with Crippen LogP contribution in [0.3, 0.4) is 0 Å². The van der Waals surface area contributed by atoms with Crippen LogP contribution < -0.4 is 10.2 Å². The van der Waals surface area contributed by atoms with E-state index in [1.165, 1.54) is 18.5 Å². The van der Waals surface area contributed by atoms with Gasteiger partial charge in [0.15, 0.2) is 0 Å². The third-order valence-corrected chi connectivity index (χ3v) is 6.17. The molecule has 2 heterocycles. The predicted molar refractivity (Wildman–Crippen MR) is 86.4 cm³/mol. The lowest BCUT2D eigenvalue weighted by Gasteiger charge is -2.38. The van der Waals surface area contributed by atoms with Crippen molar-refractivity contribution in [2.24, 2.45) is 5.41 Å². The van der Waals surface area contributed by atoms with Crippen LogP contribution in [0.15, 0.2) is 24.3 Å². The molecule has 1 atom stereocenters. The molecule has 1 unspecified atom stereocenters. The predicted octanol–water partition coefficient (Wildman–Crippen LogP) is 2.38. The average molecular weight is 300 g/mol. The van der Waals surface area contributed by atoms with Gasteiger partial charge in [-0.15, -0.1) is 0 Å². The molecule has 0 radical (unpaired) electrons. The first-order valence-electron chi connectivity index (χ1n) is 8.43. The molecule has 0 aromatic heterocycles. The standard InChI is InChI=1S/C18H24N2O2/c21-16(22)18(6-1-7-18)14-2-4-15(5-3-14)20-11-9-17(13-20)8-10-19-12-17/h2-5,19H,1,6-13H2,(H,21,22). The summed E-state index contributed by atoms with van der Waals surface area (Å²) in [7, 11) is 0. The van der Waals surface area contributed by atoms with Crippen LogP contribution in [0, 0.1) is 5.41 Å². The summed E-state index contributed by atoms with van der Waals surface area (Å²) in [5.41, 5.74) is 2.08. The molecular formula is C18H24N2O2. The van der Waals surface area contributed by atoms with Gasteiger partial charge in [0.05, 0.1) is 5.41 Å². The Balaban J connectivity index is 1.52. The topological polar surface area (TPSA) is 52.6 Å². The second kappa shape index (κ2) is 4.98. The van der Waals surface area contributed by atoms with Gasteiger partial charge < -0.3 is 15.3 Å². The van der Waals surface area contributed by atoms with Crippen LogP contribution in [0.4, 0.5) is 5.69 Å². The van der Waals surface area contributed by atoms with E-state index >= 15 is 0 Å². The highest BCUT2D eigenvalue weighted by Crippen LogP contribution is 2.45. The Morgan fingerprint density at radius 3 is 2.45 bits per heavy atom. The number of rotatable bonds is 3. The molecule has 4 rings (SSSR count). The molecule has 1 aromatic rings. The van der Waals surface area contributed by atoms with Gasteiger partial charge in [-0.2, -0.15) is 0 Å². The van der Waals surface area contributed by atoms with Crippen molar-refractivity contribution >= 4 is 11.7 Å². The molecule has 22 heavy (non-hydrogen) atoms. The third-order valence-electron chi connectivity index (χ3n) is 6.17. The first-order chi connectivity index (χ1) is 10.6. The maximum absolute atomic E-state index is 11.6. The molecule has 2 aliphatic heterocycles. The smallest absolute Gasteiger partial charge is 0.314 e. The number of hydrogen-bond donors (Lipinski definition) is 2. The van der Waals surface area contributed by atoms with Crippen LogP contribution in [0.25, 0.3) is 0 Å². The summed E-state index contributed by atoms with van der Waals surface area (Å²) >= 11 is 0. The van der Waals surface area contributed by atoms with E-state index in [-0.39, 0.29) is 0 Å². The van der Waals surface area contributed by atoms with E-state index in [0.29, 0.717) is 5.41 Å². The van der Waals surface area contributed by atoms with Crippen molar-refractivity contribution in [3.63, 3.8) is 0 Å². The molecule has 1 aromatic carbocycles. The number of benzene rings is 1. The molecule has 4 nitrogen and oxygen atoms in total. The summed E-state index contributed by atoms with van der Waals surface area (Å²) in [6.45, 7) is 4.53. The number of carboxylic acids is 1. The van der Waals surface area contributed by atoms with Crippen molar-refractivity contribution in [2.75, 3.05) is 31.1 Å². The van der Waals surface area contributed by atoms with Crippen molar-refractivity contribution in [3.05, 3.63) is 29.8 Å². The zero-order valence-electron chi connectivity index (χ0n) is 13.0. The highest BCUT2D eigenvalue weighted by atomic mass is 16.4. The van der Waals surface area contributed by atoms with Crippen LogP contribution in [0.1, 0.15) is 37.7 Å². The normalized spacial score (nSPS) is 29.7. The van der Waals surface area contributed by atoms with Gasteiger partial charge in [-0.3, -0.25) is 4.79 Å². The largest absolute Gasteiger partial charge is 0.481 e.